The van der Waals surface area contributed by atoms with Gasteiger partial charge in [-0.1, -0.05) is 12.1 Å². The molecule has 118 valence electrons. The zero-order valence-electron chi connectivity index (χ0n) is 12.9. The molecular formula is C17H27FN2O. The van der Waals surface area contributed by atoms with Gasteiger partial charge >= 0.3 is 0 Å². The van der Waals surface area contributed by atoms with Crippen LogP contribution in [0.3, 0.4) is 0 Å². The Labute approximate surface area is 127 Å². The summed E-state index contributed by atoms with van der Waals surface area (Å²) in [6, 6.07) is 7.68. The topological polar surface area (TPSA) is 35.5 Å². The van der Waals surface area contributed by atoms with E-state index < -0.39 is 0 Å². The van der Waals surface area contributed by atoms with E-state index in [1.165, 1.54) is 25.0 Å². The van der Waals surface area contributed by atoms with Crippen molar-refractivity contribution in [2.45, 2.75) is 44.2 Å². The minimum atomic E-state index is -0.183. The number of benzene rings is 1. The van der Waals surface area contributed by atoms with Gasteiger partial charge in [0, 0.05) is 25.2 Å². The maximum Gasteiger partial charge on any atom is 0.123 e. The summed E-state index contributed by atoms with van der Waals surface area (Å²) in [5.74, 6) is -0.183. The molecule has 2 rings (SSSR count). The van der Waals surface area contributed by atoms with Gasteiger partial charge in [-0.2, -0.15) is 0 Å². The SMILES string of the molecule is CNC(CCN1CCCC1CCCO)c1ccc(F)cc1. The van der Waals surface area contributed by atoms with Gasteiger partial charge in [0.2, 0.25) is 0 Å². The predicted molar refractivity (Wildman–Crippen MR) is 83.7 cm³/mol. The quantitative estimate of drug-likeness (QED) is 0.774. The number of nitrogens with one attached hydrogen (secondary N) is 1. The van der Waals surface area contributed by atoms with Crippen LogP contribution in [0.1, 0.15) is 43.7 Å². The fourth-order valence-corrected chi connectivity index (χ4v) is 3.31. The number of nitrogens with zero attached hydrogens (tertiary/aromatic N) is 1. The maximum absolute atomic E-state index is 13.0. The van der Waals surface area contributed by atoms with Crippen LogP contribution < -0.4 is 5.32 Å². The Hall–Kier alpha value is -0.970. The molecule has 0 amide bonds. The molecule has 1 saturated heterocycles. The lowest BCUT2D eigenvalue weighted by molar-refractivity contribution is 0.208. The molecule has 4 heteroatoms. The van der Waals surface area contributed by atoms with Crippen molar-refractivity contribution in [3.63, 3.8) is 0 Å². The third kappa shape index (κ3) is 4.77. The van der Waals surface area contributed by atoms with Crippen LogP contribution in [0.15, 0.2) is 24.3 Å². The summed E-state index contributed by atoms with van der Waals surface area (Å²) < 4.78 is 13.0. The molecule has 0 saturated carbocycles. The van der Waals surface area contributed by atoms with E-state index in [1.54, 1.807) is 0 Å². The Morgan fingerprint density at radius 1 is 1.38 bits per heavy atom. The normalized spacial score (nSPS) is 20.8. The number of aliphatic hydroxyl groups is 1. The number of hydrogen-bond acceptors (Lipinski definition) is 3. The molecule has 2 N–H and O–H groups in total. The van der Waals surface area contributed by atoms with Gasteiger partial charge in [0.05, 0.1) is 0 Å². The third-order valence-corrected chi connectivity index (χ3v) is 4.52. The minimum Gasteiger partial charge on any atom is -0.396 e. The minimum absolute atomic E-state index is 0.183. The molecule has 2 atom stereocenters. The second-order valence-corrected chi connectivity index (χ2v) is 5.88. The van der Waals surface area contributed by atoms with Gasteiger partial charge in [-0.3, -0.25) is 0 Å². The highest BCUT2D eigenvalue weighted by atomic mass is 19.1. The van der Waals surface area contributed by atoms with E-state index in [0.29, 0.717) is 12.6 Å². The molecule has 1 heterocycles. The number of hydrogen-bond donors (Lipinski definition) is 2. The Morgan fingerprint density at radius 2 is 2.14 bits per heavy atom. The van der Waals surface area contributed by atoms with Gasteiger partial charge in [0.1, 0.15) is 5.82 Å². The maximum atomic E-state index is 13.0. The lowest BCUT2D eigenvalue weighted by atomic mass is 10.0. The summed E-state index contributed by atoms with van der Waals surface area (Å²) in [5.41, 5.74) is 1.14. The van der Waals surface area contributed by atoms with E-state index in [1.807, 2.05) is 19.2 Å². The summed E-state index contributed by atoms with van der Waals surface area (Å²) in [6.45, 7) is 2.51. The summed E-state index contributed by atoms with van der Waals surface area (Å²) in [5, 5.41) is 12.3. The van der Waals surface area contributed by atoms with Crippen LogP contribution in [-0.4, -0.2) is 42.8 Å². The Balaban J connectivity index is 1.86. The van der Waals surface area contributed by atoms with E-state index in [2.05, 4.69) is 10.2 Å². The van der Waals surface area contributed by atoms with Crippen molar-refractivity contribution in [1.82, 2.24) is 10.2 Å². The molecule has 0 aromatic heterocycles. The zero-order valence-corrected chi connectivity index (χ0v) is 12.9. The molecule has 1 aromatic carbocycles. The molecule has 0 radical (unpaired) electrons. The summed E-state index contributed by atoms with van der Waals surface area (Å²) in [4.78, 5) is 2.55. The van der Waals surface area contributed by atoms with Crippen molar-refractivity contribution < 1.29 is 9.50 Å². The molecule has 3 nitrogen and oxygen atoms in total. The zero-order chi connectivity index (χ0) is 15.1. The second-order valence-electron chi connectivity index (χ2n) is 5.88. The highest BCUT2D eigenvalue weighted by Crippen LogP contribution is 2.24. The molecule has 0 spiro atoms. The van der Waals surface area contributed by atoms with Crippen molar-refractivity contribution in [2.75, 3.05) is 26.7 Å². The van der Waals surface area contributed by atoms with Crippen molar-refractivity contribution >= 4 is 0 Å². The van der Waals surface area contributed by atoms with E-state index in [9.17, 15) is 4.39 Å². The second kappa shape index (κ2) is 8.47. The van der Waals surface area contributed by atoms with Gasteiger partial charge in [-0.15, -0.1) is 0 Å². The molecule has 0 aliphatic carbocycles. The first kappa shape index (κ1) is 16.4. The van der Waals surface area contributed by atoms with E-state index in [-0.39, 0.29) is 11.9 Å². The standard InChI is InChI=1S/C17H27FN2O/c1-19-17(14-6-8-15(18)9-7-14)10-12-20-11-2-4-16(20)5-3-13-21/h6-9,16-17,19,21H,2-5,10-13H2,1H3. The van der Waals surface area contributed by atoms with Gasteiger partial charge < -0.3 is 15.3 Å². The van der Waals surface area contributed by atoms with Gasteiger partial charge in [-0.05, 0) is 63.4 Å². The Morgan fingerprint density at radius 3 is 2.81 bits per heavy atom. The Kier molecular flexibility index (Phi) is 6.61. The number of likely N-dealkylation sites (tertiary alicyclic amines) is 1. The first-order valence-corrected chi connectivity index (χ1v) is 8.02. The van der Waals surface area contributed by atoms with E-state index in [4.69, 9.17) is 5.11 Å². The van der Waals surface area contributed by atoms with Crippen LogP contribution in [-0.2, 0) is 0 Å². The van der Waals surface area contributed by atoms with Gasteiger partial charge in [0.25, 0.3) is 0 Å². The highest BCUT2D eigenvalue weighted by molar-refractivity contribution is 5.19. The largest absolute Gasteiger partial charge is 0.396 e. The number of aliphatic hydroxyl groups excluding tert-OH is 1. The van der Waals surface area contributed by atoms with Crippen molar-refractivity contribution in [1.29, 1.82) is 0 Å². The molecule has 1 aliphatic rings. The molecule has 1 fully saturated rings. The average molecular weight is 294 g/mol. The Bertz CT molecular complexity index is 410. The summed E-state index contributed by atoms with van der Waals surface area (Å²) in [7, 11) is 1.96. The molecule has 21 heavy (non-hydrogen) atoms. The lowest BCUT2D eigenvalue weighted by Crippen LogP contribution is -2.32. The van der Waals surface area contributed by atoms with Gasteiger partial charge in [0.15, 0.2) is 0 Å². The van der Waals surface area contributed by atoms with Crippen LogP contribution in [0, 0.1) is 5.82 Å². The van der Waals surface area contributed by atoms with Crippen LogP contribution in [0.25, 0.3) is 0 Å². The van der Waals surface area contributed by atoms with Crippen molar-refractivity contribution in [3.8, 4) is 0 Å². The van der Waals surface area contributed by atoms with Crippen molar-refractivity contribution in [2.24, 2.45) is 0 Å². The predicted octanol–water partition coefficient (Wildman–Crippen LogP) is 2.71. The molecule has 2 unspecified atom stereocenters. The number of halogens is 1. The molecular weight excluding hydrogens is 267 g/mol. The highest BCUT2D eigenvalue weighted by Gasteiger charge is 2.24. The first-order valence-electron chi connectivity index (χ1n) is 8.02. The monoisotopic (exact) mass is 294 g/mol. The average Bonchev–Trinajstić information content (AvgIpc) is 2.95. The number of rotatable bonds is 8. The van der Waals surface area contributed by atoms with Crippen molar-refractivity contribution in [3.05, 3.63) is 35.6 Å². The van der Waals surface area contributed by atoms with Crippen LogP contribution in [0.2, 0.25) is 0 Å². The van der Waals surface area contributed by atoms with E-state index in [0.717, 1.165) is 37.9 Å². The first-order chi connectivity index (χ1) is 10.2. The third-order valence-electron chi connectivity index (χ3n) is 4.52. The summed E-state index contributed by atoms with van der Waals surface area (Å²) in [6.07, 6.45) is 5.53. The summed E-state index contributed by atoms with van der Waals surface area (Å²) >= 11 is 0. The molecule has 0 bridgehead atoms. The fourth-order valence-electron chi connectivity index (χ4n) is 3.31. The fraction of sp³-hybridized carbons (Fsp3) is 0.647. The van der Waals surface area contributed by atoms with Crippen LogP contribution in [0.5, 0.6) is 0 Å². The van der Waals surface area contributed by atoms with Crippen LogP contribution >= 0.6 is 0 Å². The molecule has 1 aliphatic heterocycles. The smallest absolute Gasteiger partial charge is 0.123 e. The van der Waals surface area contributed by atoms with Crippen LogP contribution in [0.4, 0.5) is 4.39 Å². The van der Waals surface area contributed by atoms with Gasteiger partial charge in [-0.25, -0.2) is 4.39 Å². The van der Waals surface area contributed by atoms with E-state index >= 15 is 0 Å². The lowest BCUT2D eigenvalue weighted by Gasteiger charge is -2.26. The molecule has 1 aromatic rings.